The van der Waals surface area contributed by atoms with Crippen molar-refractivity contribution in [2.45, 2.75) is 6.92 Å². The fraction of sp³-hybridized carbons (Fsp3) is 0.143. The molecule has 7 heteroatoms. The third kappa shape index (κ3) is 2.66. The molecule has 0 radical (unpaired) electrons. The highest BCUT2D eigenvalue weighted by atomic mass is 16.5. The van der Waals surface area contributed by atoms with E-state index in [0.29, 0.717) is 22.6 Å². The highest BCUT2D eigenvalue weighted by Crippen LogP contribution is 2.26. The van der Waals surface area contributed by atoms with Gasteiger partial charge in [-0.3, -0.25) is 0 Å². The van der Waals surface area contributed by atoms with Crippen LogP contribution in [0.15, 0.2) is 41.3 Å². The first-order chi connectivity index (χ1) is 10.3. The normalized spacial score (nSPS) is 10.5. The van der Waals surface area contributed by atoms with E-state index in [1.54, 1.807) is 37.4 Å². The van der Waals surface area contributed by atoms with Crippen LogP contribution in [0.1, 0.15) is 17.4 Å². The van der Waals surface area contributed by atoms with Crippen molar-refractivity contribution in [2.75, 3.05) is 6.61 Å². The molecule has 0 aliphatic rings. The second-order valence-electron chi connectivity index (χ2n) is 4.06. The molecule has 0 saturated heterocycles. The first-order valence-electron chi connectivity index (χ1n) is 6.28. The molecular weight excluding hydrogens is 274 g/mol. The summed E-state index contributed by atoms with van der Waals surface area (Å²) in [4.78, 5) is 19.5. The van der Waals surface area contributed by atoms with E-state index >= 15 is 0 Å². The third-order valence-electron chi connectivity index (χ3n) is 2.69. The number of nitrogens with zero attached hydrogens (tertiary/aromatic N) is 3. The number of hydrogen-bond donors (Lipinski definition) is 0. The largest absolute Gasteiger partial charge is 0.461 e. The van der Waals surface area contributed by atoms with E-state index in [1.807, 2.05) is 0 Å². The molecular formula is C14H11N3O4. The minimum absolute atomic E-state index is 0.153. The minimum atomic E-state index is -0.513. The second kappa shape index (κ2) is 5.58. The van der Waals surface area contributed by atoms with Gasteiger partial charge < -0.3 is 14.0 Å². The van der Waals surface area contributed by atoms with Gasteiger partial charge in [0.2, 0.25) is 5.88 Å². The van der Waals surface area contributed by atoms with Crippen LogP contribution in [-0.2, 0) is 4.74 Å². The van der Waals surface area contributed by atoms with E-state index in [-0.39, 0.29) is 12.3 Å². The topological polar surface area (TPSA) is 87.3 Å². The van der Waals surface area contributed by atoms with E-state index in [0.717, 1.165) is 0 Å². The van der Waals surface area contributed by atoms with E-state index in [1.165, 1.54) is 6.33 Å². The number of fused-ring (bicyclic) bond motifs is 1. The van der Waals surface area contributed by atoms with Gasteiger partial charge in [0, 0.05) is 18.3 Å². The van der Waals surface area contributed by atoms with Crippen LogP contribution in [0.5, 0.6) is 11.6 Å². The fourth-order valence-electron chi connectivity index (χ4n) is 1.79. The molecule has 0 bridgehead atoms. The Morgan fingerprint density at radius 1 is 1.33 bits per heavy atom. The third-order valence-corrected chi connectivity index (χ3v) is 2.69. The average molecular weight is 285 g/mol. The van der Waals surface area contributed by atoms with Crippen LogP contribution in [0.25, 0.3) is 11.0 Å². The standard InChI is InChI=1S/C14H11N3O4/c1-2-19-14(18)13-10-4-3-9(7-11(10)21-17-13)20-12-5-6-15-8-16-12/h3-8H,2H2,1H3. The number of hydrogen-bond acceptors (Lipinski definition) is 7. The zero-order chi connectivity index (χ0) is 14.7. The maximum Gasteiger partial charge on any atom is 0.361 e. The number of rotatable bonds is 4. The van der Waals surface area contributed by atoms with Crippen LogP contribution in [0.3, 0.4) is 0 Å². The summed E-state index contributed by atoms with van der Waals surface area (Å²) in [6, 6.07) is 6.65. The van der Waals surface area contributed by atoms with Gasteiger partial charge >= 0.3 is 5.97 Å². The van der Waals surface area contributed by atoms with Crippen LogP contribution in [0, 0.1) is 0 Å². The number of aromatic nitrogens is 3. The number of esters is 1. The molecule has 2 aromatic heterocycles. The van der Waals surface area contributed by atoms with Gasteiger partial charge in [0.15, 0.2) is 11.3 Å². The van der Waals surface area contributed by atoms with Crippen molar-refractivity contribution < 1.29 is 18.8 Å². The molecule has 0 spiro atoms. The minimum Gasteiger partial charge on any atom is -0.461 e. The molecule has 0 unspecified atom stereocenters. The summed E-state index contributed by atoms with van der Waals surface area (Å²) in [6.45, 7) is 2.01. The maximum absolute atomic E-state index is 11.7. The summed E-state index contributed by atoms with van der Waals surface area (Å²) in [7, 11) is 0. The molecule has 21 heavy (non-hydrogen) atoms. The van der Waals surface area contributed by atoms with Gasteiger partial charge in [-0.1, -0.05) is 5.16 Å². The average Bonchev–Trinajstić information content (AvgIpc) is 2.92. The predicted molar refractivity (Wildman–Crippen MR) is 72.1 cm³/mol. The molecule has 0 atom stereocenters. The lowest BCUT2D eigenvalue weighted by molar-refractivity contribution is 0.0517. The molecule has 3 aromatic rings. The van der Waals surface area contributed by atoms with E-state index in [4.69, 9.17) is 14.0 Å². The summed E-state index contributed by atoms with van der Waals surface area (Å²) in [6.07, 6.45) is 2.97. The molecule has 0 amide bonds. The lowest BCUT2D eigenvalue weighted by atomic mass is 10.2. The van der Waals surface area contributed by atoms with Crippen LogP contribution in [0.2, 0.25) is 0 Å². The van der Waals surface area contributed by atoms with Crippen molar-refractivity contribution in [1.82, 2.24) is 15.1 Å². The first kappa shape index (κ1) is 13.0. The second-order valence-corrected chi connectivity index (χ2v) is 4.06. The Hall–Kier alpha value is -2.96. The van der Waals surface area contributed by atoms with Gasteiger partial charge in [0.05, 0.1) is 12.0 Å². The Balaban J connectivity index is 1.90. The lowest BCUT2D eigenvalue weighted by Gasteiger charge is -2.03. The van der Waals surface area contributed by atoms with Gasteiger partial charge in [0.1, 0.15) is 12.1 Å². The summed E-state index contributed by atoms with van der Waals surface area (Å²) in [5, 5.41) is 4.30. The molecule has 106 valence electrons. The van der Waals surface area contributed by atoms with E-state index in [2.05, 4.69) is 15.1 Å². The van der Waals surface area contributed by atoms with Crippen molar-refractivity contribution in [2.24, 2.45) is 0 Å². The Labute approximate surface area is 119 Å². The number of ether oxygens (including phenoxy) is 2. The van der Waals surface area contributed by atoms with Gasteiger partial charge in [-0.25, -0.2) is 14.8 Å². The maximum atomic E-state index is 11.7. The van der Waals surface area contributed by atoms with Gasteiger partial charge in [-0.05, 0) is 19.1 Å². The zero-order valence-electron chi connectivity index (χ0n) is 11.1. The quantitative estimate of drug-likeness (QED) is 0.681. The first-order valence-corrected chi connectivity index (χ1v) is 6.28. The van der Waals surface area contributed by atoms with Crippen molar-refractivity contribution >= 4 is 16.9 Å². The number of carbonyl (C=O) groups is 1. The SMILES string of the molecule is CCOC(=O)c1noc2cc(Oc3ccncn3)ccc12. The molecule has 0 fully saturated rings. The van der Waals surface area contributed by atoms with Crippen molar-refractivity contribution in [3.63, 3.8) is 0 Å². The molecule has 2 heterocycles. The van der Waals surface area contributed by atoms with Crippen LogP contribution >= 0.6 is 0 Å². The monoisotopic (exact) mass is 285 g/mol. The molecule has 0 aliphatic carbocycles. The summed E-state index contributed by atoms with van der Waals surface area (Å²) >= 11 is 0. The van der Waals surface area contributed by atoms with E-state index < -0.39 is 5.97 Å². The van der Waals surface area contributed by atoms with Crippen LogP contribution in [0.4, 0.5) is 0 Å². The zero-order valence-corrected chi connectivity index (χ0v) is 11.1. The molecule has 1 aromatic carbocycles. The van der Waals surface area contributed by atoms with Crippen molar-refractivity contribution in [3.8, 4) is 11.6 Å². The summed E-state index contributed by atoms with van der Waals surface area (Å²) < 4.78 is 15.6. The smallest absolute Gasteiger partial charge is 0.361 e. The Morgan fingerprint density at radius 3 is 3.00 bits per heavy atom. The predicted octanol–water partition coefficient (Wildman–Crippen LogP) is 2.59. The van der Waals surface area contributed by atoms with E-state index in [9.17, 15) is 4.79 Å². The van der Waals surface area contributed by atoms with Gasteiger partial charge in [0.25, 0.3) is 0 Å². The molecule has 0 N–H and O–H groups in total. The summed E-state index contributed by atoms with van der Waals surface area (Å²) in [5.74, 6) is 0.419. The Kier molecular flexibility index (Phi) is 3.46. The van der Waals surface area contributed by atoms with Gasteiger partial charge in [-0.2, -0.15) is 0 Å². The van der Waals surface area contributed by atoms with Crippen molar-refractivity contribution in [3.05, 3.63) is 42.5 Å². The summed E-state index contributed by atoms with van der Waals surface area (Å²) in [5.41, 5.74) is 0.588. The number of benzene rings is 1. The van der Waals surface area contributed by atoms with Gasteiger partial charge in [-0.15, -0.1) is 0 Å². The molecule has 0 saturated carbocycles. The Bertz CT molecular complexity index is 770. The molecule has 7 nitrogen and oxygen atoms in total. The highest BCUT2D eigenvalue weighted by molar-refractivity contribution is 6.01. The lowest BCUT2D eigenvalue weighted by Crippen LogP contribution is -2.05. The van der Waals surface area contributed by atoms with Crippen LogP contribution < -0.4 is 4.74 Å². The highest BCUT2D eigenvalue weighted by Gasteiger charge is 2.17. The fourth-order valence-corrected chi connectivity index (χ4v) is 1.79. The number of carbonyl (C=O) groups excluding carboxylic acids is 1. The van der Waals surface area contributed by atoms with Crippen molar-refractivity contribution in [1.29, 1.82) is 0 Å². The Morgan fingerprint density at radius 2 is 2.24 bits per heavy atom. The molecule has 3 rings (SSSR count). The molecule has 0 aliphatic heterocycles. The van der Waals surface area contributed by atoms with Crippen LogP contribution in [-0.4, -0.2) is 27.7 Å².